The van der Waals surface area contributed by atoms with Crippen LogP contribution in [0.2, 0.25) is 0 Å². The second kappa shape index (κ2) is 6.70. The van der Waals surface area contributed by atoms with Crippen LogP contribution in [0.4, 0.5) is 0 Å². The van der Waals surface area contributed by atoms with Gasteiger partial charge >= 0.3 is 0 Å². The Morgan fingerprint density at radius 1 is 1.05 bits per heavy atom. The van der Waals surface area contributed by atoms with Gasteiger partial charge in [0.25, 0.3) is 0 Å². The Hall–Kier alpha value is -0.900. The van der Waals surface area contributed by atoms with Crippen LogP contribution in [0, 0.1) is 6.92 Å². The zero-order valence-corrected chi connectivity index (χ0v) is 12.8. The van der Waals surface area contributed by atoms with Crippen LogP contribution in [0.15, 0.2) is 0 Å². The maximum absolute atomic E-state index is 4.46. The van der Waals surface area contributed by atoms with Gasteiger partial charge in [-0.1, -0.05) is 25.7 Å². The third kappa shape index (κ3) is 3.22. The highest BCUT2D eigenvalue weighted by molar-refractivity contribution is 4.99. The molecule has 1 N–H and O–H groups in total. The largest absolute Gasteiger partial charge is 0.314 e. The fraction of sp³-hybridized carbons (Fsp3) is 0.875. The maximum atomic E-state index is 4.46. The Balaban J connectivity index is 1.63. The van der Waals surface area contributed by atoms with Crippen molar-refractivity contribution in [2.45, 2.75) is 83.2 Å². The van der Waals surface area contributed by atoms with Crippen molar-refractivity contribution >= 4 is 0 Å². The molecule has 0 aromatic carbocycles. The van der Waals surface area contributed by atoms with Gasteiger partial charge in [0.2, 0.25) is 0 Å². The summed E-state index contributed by atoms with van der Waals surface area (Å²) in [5.41, 5.74) is 0. The molecule has 1 saturated carbocycles. The van der Waals surface area contributed by atoms with E-state index in [-0.39, 0.29) is 0 Å². The van der Waals surface area contributed by atoms with Crippen LogP contribution in [0.3, 0.4) is 0 Å². The monoisotopic (exact) mass is 276 g/mol. The van der Waals surface area contributed by atoms with E-state index >= 15 is 0 Å². The molecule has 4 heteroatoms. The molecule has 1 aliphatic carbocycles. The Bertz CT molecular complexity index is 414. The predicted octanol–water partition coefficient (Wildman–Crippen LogP) is 3.17. The average molecular weight is 276 g/mol. The van der Waals surface area contributed by atoms with Crippen LogP contribution in [-0.2, 0) is 6.42 Å². The molecule has 1 saturated heterocycles. The number of rotatable bonds is 4. The highest BCUT2D eigenvalue weighted by Gasteiger charge is 2.21. The Morgan fingerprint density at radius 2 is 1.85 bits per heavy atom. The minimum atomic E-state index is 0.660. The van der Waals surface area contributed by atoms with Crippen molar-refractivity contribution in [3.8, 4) is 0 Å². The number of aryl methyl sites for hydroxylation is 2. The SMILES string of the molecule is Cc1nnc(CCC2CCCCN2)n1C1CCCCC1. The topological polar surface area (TPSA) is 42.7 Å². The van der Waals surface area contributed by atoms with E-state index in [0.29, 0.717) is 12.1 Å². The van der Waals surface area contributed by atoms with E-state index < -0.39 is 0 Å². The van der Waals surface area contributed by atoms with Gasteiger partial charge in [0.15, 0.2) is 0 Å². The molecule has 1 aromatic heterocycles. The molecule has 1 unspecified atom stereocenters. The van der Waals surface area contributed by atoms with Gasteiger partial charge in [-0.15, -0.1) is 10.2 Å². The van der Waals surface area contributed by atoms with E-state index in [4.69, 9.17) is 0 Å². The van der Waals surface area contributed by atoms with Crippen molar-refractivity contribution in [1.29, 1.82) is 0 Å². The lowest BCUT2D eigenvalue weighted by atomic mass is 9.94. The molecular formula is C16H28N4. The number of hydrogen-bond acceptors (Lipinski definition) is 3. The quantitative estimate of drug-likeness (QED) is 0.918. The van der Waals surface area contributed by atoms with Gasteiger partial charge in [-0.25, -0.2) is 0 Å². The third-order valence-corrected chi connectivity index (χ3v) is 5.01. The first-order chi connectivity index (χ1) is 9.84. The third-order valence-electron chi connectivity index (χ3n) is 5.01. The van der Waals surface area contributed by atoms with E-state index in [2.05, 4.69) is 27.0 Å². The van der Waals surface area contributed by atoms with E-state index in [1.54, 1.807) is 0 Å². The highest BCUT2D eigenvalue weighted by Crippen LogP contribution is 2.30. The summed E-state index contributed by atoms with van der Waals surface area (Å²) in [5, 5.41) is 12.4. The first kappa shape index (κ1) is 14.1. The summed E-state index contributed by atoms with van der Waals surface area (Å²) in [6.07, 6.45) is 13.1. The van der Waals surface area contributed by atoms with Crippen molar-refractivity contribution in [2.75, 3.05) is 6.54 Å². The number of nitrogens with one attached hydrogen (secondary N) is 1. The molecule has 0 bridgehead atoms. The molecule has 0 radical (unpaired) electrons. The van der Waals surface area contributed by atoms with E-state index in [1.165, 1.54) is 70.2 Å². The van der Waals surface area contributed by atoms with Crippen molar-refractivity contribution in [3.63, 3.8) is 0 Å². The normalized spacial score (nSPS) is 24.9. The molecule has 4 nitrogen and oxygen atoms in total. The standard InChI is InChI=1S/C16H28N4/c1-13-18-19-16(11-10-14-7-5-6-12-17-14)20(13)15-8-3-2-4-9-15/h14-15,17H,2-12H2,1H3. The molecule has 0 spiro atoms. The number of hydrogen-bond donors (Lipinski definition) is 1. The van der Waals surface area contributed by atoms with Crippen molar-refractivity contribution in [3.05, 3.63) is 11.6 Å². The lowest BCUT2D eigenvalue weighted by molar-refractivity contribution is 0.334. The number of aromatic nitrogens is 3. The van der Waals surface area contributed by atoms with Crippen LogP contribution in [0.5, 0.6) is 0 Å². The summed E-state index contributed by atoms with van der Waals surface area (Å²) >= 11 is 0. The summed E-state index contributed by atoms with van der Waals surface area (Å²) in [6.45, 7) is 3.31. The molecule has 2 aliphatic rings. The molecule has 2 heterocycles. The van der Waals surface area contributed by atoms with Crippen molar-refractivity contribution in [2.24, 2.45) is 0 Å². The zero-order chi connectivity index (χ0) is 13.8. The molecule has 20 heavy (non-hydrogen) atoms. The van der Waals surface area contributed by atoms with Gasteiger partial charge in [0, 0.05) is 18.5 Å². The van der Waals surface area contributed by atoms with Gasteiger partial charge in [-0.05, 0) is 45.6 Å². The summed E-state index contributed by atoms with van der Waals surface area (Å²) < 4.78 is 2.45. The van der Waals surface area contributed by atoms with Gasteiger partial charge in [0.05, 0.1) is 0 Å². The van der Waals surface area contributed by atoms with Crippen LogP contribution in [-0.4, -0.2) is 27.4 Å². The minimum absolute atomic E-state index is 0.660. The average Bonchev–Trinajstić information content (AvgIpc) is 2.88. The number of piperidine rings is 1. The smallest absolute Gasteiger partial charge is 0.133 e. The van der Waals surface area contributed by atoms with E-state index in [0.717, 1.165) is 12.2 Å². The van der Waals surface area contributed by atoms with Crippen LogP contribution in [0.1, 0.15) is 75.5 Å². The van der Waals surface area contributed by atoms with Crippen LogP contribution >= 0.6 is 0 Å². The maximum Gasteiger partial charge on any atom is 0.133 e. The van der Waals surface area contributed by atoms with E-state index in [9.17, 15) is 0 Å². The molecular weight excluding hydrogens is 248 g/mol. The zero-order valence-electron chi connectivity index (χ0n) is 12.8. The van der Waals surface area contributed by atoms with Gasteiger partial charge in [-0.3, -0.25) is 0 Å². The van der Waals surface area contributed by atoms with Crippen LogP contribution < -0.4 is 5.32 Å². The summed E-state index contributed by atoms with van der Waals surface area (Å²) in [4.78, 5) is 0. The lowest BCUT2D eigenvalue weighted by Gasteiger charge is -2.26. The van der Waals surface area contributed by atoms with Gasteiger partial charge in [0.1, 0.15) is 11.6 Å². The van der Waals surface area contributed by atoms with Gasteiger partial charge < -0.3 is 9.88 Å². The van der Waals surface area contributed by atoms with Gasteiger partial charge in [-0.2, -0.15) is 0 Å². The Kier molecular flexibility index (Phi) is 4.71. The summed E-state index contributed by atoms with van der Waals surface area (Å²) in [6, 6.07) is 1.36. The fourth-order valence-electron chi connectivity index (χ4n) is 3.87. The number of nitrogens with zero attached hydrogens (tertiary/aromatic N) is 3. The molecule has 0 amide bonds. The molecule has 1 atom stereocenters. The second-order valence-electron chi connectivity index (χ2n) is 6.51. The van der Waals surface area contributed by atoms with Crippen LogP contribution in [0.25, 0.3) is 0 Å². The highest BCUT2D eigenvalue weighted by atomic mass is 15.3. The second-order valence-corrected chi connectivity index (χ2v) is 6.51. The first-order valence-corrected chi connectivity index (χ1v) is 8.48. The first-order valence-electron chi connectivity index (χ1n) is 8.48. The molecule has 1 aliphatic heterocycles. The fourth-order valence-corrected chi connectivity index (χ4v) is 3.87. The molecule has 1 aromatic rings. The summed E-state index contributed by atoms with van der Waals surface area (Å²) in [7, 11) is 0. The Morgan fingerprint density at radius 3 is 2.60 bits per heavy atom. The minimum Gasteiger partial charge on any atom is -0.314 e. The lowest BCUT2D eigenvalue weighted by Crippen LogP contribution is -2.34. The predicted molar refractivity (Wildman–Crippen MR) is 80.8 cm³/mol. The van der Waals surface area contributed by atoms with E-state index in [1.807, 2.05) is 0 Å². The summed E-state index contributed by atoms with van der Waals surface area (Å²) in [5.74, 6) is 2.34. The Labute approximate surface area is 122 Å². The van der Waals surface area contributed by atoms with Crippen molar-refractivity contribution < 1.29 is 0 Å². The molecule has 112 valence electrons. The van der Waals surface area contributed by atoms with Crippen molar-refractivity contribution in [1.82, 2.24) is 20.1 Å². The molecule has 3 rings (SSSR count). The molecule has 2 fully saturated rings.